The molecule has 0 amide bonds. The van der Waals surface area contributed by atoms with Crippen LogP contribution in [-0.2, 0) is 7.05 Å². The third-order valence-electron chi connectivity index (χ3n) is 3.76. The molecule has 0 fully saturated rings. The van der Waals surface area contributed by atoms with Crippen molar-refractivity contribution in [1.29, 1.82) is 0 Å². The van der Waals surface area contributed by atoms with Crippen LogP contribution in [0.15, 0.2) is 71.8 Å². The lowest BCUT2D eigenvalue weighted by Crippen LogP contribution is -2.12. The van der Waals surface area contributed by atoms with Gasteiger partial charge in [0.1, 0.15) is 5.75 Å². The molecule has 3 nitrogen and oxygen atoms in total. The van der Waals surface area contributed by atoms with Crippen LogP contribution in [0, 0.1) is 0 Å². The number of aromatic nitrogens is 1. The maximum absolute atomic E-state index is 13.0. The first kappa shape index (κ1) is 16.1. The second-order valence-electron chi connectivity index (χ2n) is 6.14. The van der Waals surface area contributed by atoms with E-state index in [2.05, 4.69) is 0 Å². The molecule has 3 heteroatoms. The fourth-order valence-electron chi connectivity index (χ4n) is 2.74. The van der Waals surface area contributed by atoms with Gasteiger partial charge in [-0.25, -0.2) is 0 Å². The van der Waals surface area contributed by atoms with E-state index < -0.39 is 0 Å². The van der Waals surface area contributed by atoms with Crippen LogP contribution >= 0.6 is 0 Å². The largest absolute Gasteiger partial charge is 0.491 e. The number of ether oxygens (including phenoxy) is 1. The van der Waals surface area contributed by atoms with Crippen LogP contribution in [0.4, 0.5) is 0 Å². The molecule has 0 saturated carbocycles. The molecule has 0 bridgehead atoms. The Kier molecular flexibility index (Phi) is 4.52. The van der Waals surface area contributed by atoms with E-state index in [0.717, 1.165) is 16.9 Å². The summed E-state index contributed by atoms with van der Waals surface area (Å²) >= 11 is 0. The van der Waals surface area contributed by atoms with Crippen molar-refractivity contribution in [2.75, 3.05) is 0 Å². The summed E-state index contributed by atoms with van der Waals surface area (Å²) in [5.41, 5.74) is 3.20. The third-order valence-corrected chi connectivity index (χ3v) is 3.76. The third kappa shape index (κ3) is 3.40. The molecule has 0 saturated heterocycles. The van der Waals surface area contributed by atoms with E-state index in [-0.39, 0.29) is 11.5 Å². The van der Waals surface area contributed by atoms with E-state index in [1.165, 1.54) is 0 Å². The Morgan fingerprint density at radius 1 is 0.875 bits per heavy atom. The zero-order valence-corrected chi connectivity index (χ0v) is 14.2. The molecule has 0 N–H and O–H groups in total. The van der Waals surface area contributed by atoms with Crippen LogP contribution in [0.1, 0.15) is 13.8 Å². The second kappa shape index (κ2) is 6.75. The van der Waals surface area contributed by atoms with Crippen molar-refractivity contribution in [3.05, 3.63) is 77.2 Å². The molecule has 0 spiro atoms. The molecule has 0 atom stereocenters. The SMILES string of the molecule is CC(C)Oc1cccc(-c2cn(C)cc(-c3ccccc3)c2=O)c1. The zero-order chi connectivity index (χ0) is 17.1. The molecule has 3 aromatic rings. The normalized spacial score (nSPS) is 10.8. The van der Waals surface area contributed by atoms with Crippen LogP contribution < -0.4 is 10.2 Å². The molecule has 0 aliphatic carbocycles. The number of nitrogens with zero attached hydrogens (tertiary/aromatic N) is 1. The summed E-state index contributed by atoms with van der Waals surface area (Å²) in [6, 6.07) is 17.4. The number of pyridine rings is 1. The quantitative estimate of drug-likeness (QED) is 0.708. The molecule has 1 heterocycles. The summed E-state index contributed by atoms with van der Waals surface area (Å²) in [6.07, 6.45) is 3.83. The molecular formula is C21H21NO2. The summed E-state index contributed by atoms with van der Waals surface area (Å²) in [5.74, 6) is 0.773. The molecular weight excluding hydrogens is 298 g/mol. The van der Waals surface area contributed by atoms with E-state index in [1.54, 1.807) is 0 Å². The Hall–Kier alpha value is -2.81. The minimum Gasteiger partial charge on any atom is -0.491 e. The molecule has 0 radical (unpaired) electrons. The smallest absolute Gasteiger partial charge is 0.197 e. The summed E-state index contributed by atoms with van der Waals surface area (Å²) in [6.45, 7) is 3.98. The van der Waals surface area contributed by atoms with Crippen molar-refractivity contribution in [2.24, 2.45) is 7.05 Å². The Morgan fingerprint density at radius 2 is 1.50 bits per heavy atom. The Bertz CT molecular complexity index is 895. The van der Waals surface area contributed by atoms with Gasteiger partial charge in [0.15, 0.2) is 5.43 Å². The molecule has 1 aromatic heterocycles. The zero-order valence-electron chi connectivity index (χ0n) is 14.2. The lowest BCUT2D eigenvalue weighted by Gasteiger charge is -2.12. The molecule has 0 aliphatic rings. The Balaban J connectivity index is 2.13. The summed E-state index contributed by atoms with van der Waals surface area (Å²) in [5, 5.41) is 0. The number of hydrogen-bond acceptors (Lipinski definition) is 2. The van der Waals surface area contributed by atoms with Crippen molar-refractivity contribution in [3.63, 3.8) is 0 Å². The molecule has 24 heavy (non-hydrogen) atoms. The Labute approximate surface area is 142 Å². The van der Waals surface area contributed by atoms with Gasteiger partial charge in [-0.3, -0.25) is 4.79 Å². The molecule has 0 unspecified atom stereocenters. The molecule has 122 valence electrons. The highest BCUT2D eigenvalue weighted by molar-refractivity contribution is 5.72. The molecule has 2 aromatic carbocycles. The summed E-state index contributed by atoms with van der Waals surface area (Å²) in [4.78, 5) is 13.0. The van der Waals surface area contributed by atoms with E-state index in [1.807, 2.05) is 92.5 Å². The predicted octanol–water partition coefficient (Wildman–Crippen LogP) is 4.51. The second-order valence-corrected chi connectivity index (χ2v) is 6.14. The first-order valence-corrected chi connectivity index (χ1v) is 8.07. The number of benzene rings is 2. The number of hydrogen-bond donors (Lipinski definition) is 0. The Morgan fingerprint density at radius 3 is 2.17 bits per heavy atom. The van der Waals surface area contributed by atoms with Gasteiger partial charge in [-0.15, -0.1) is 0 Å². The maximum Gasteiger partial charge on any atom is 0.197 e. The highest BCUT2D eigenvalue weighted by Gasteiger charge is 2.11. The number of rotatable bonds is 4. The van der Waals surface area contributed by atoms with Crippen molar-refractivity contribution >= 4 is 0 Å². The topological polar surface area (TPSA) is 31.2 Å². The predicted molar refractivity (Wildman–Crippen MR) is 98.3 cm³/mol. The fraction of sp³-hybridized carbons (Fsp3) is 0.190. The van der Waals surface area contributed by atoms with Crippen molar-refractivity contribution < 1.29 is 4.74 Å². The van der Waals surface area contributed by atoms with Crippen LogP contribution in [0.5, 0.6) is 5.75 Å². The van der Waals surface area contributed by atoms with E-state index in [4.69, 9.17) is 4.74 Å². The number of aryl methyl sites for hydroxylation is 1. The lowest BCUT2D eigenvalue weighted by atomic mass is 10.0. The van der Waals surface area contributed by atoms with Gasteiger partial charge in [0.05, 0.1) is 6.10 Å². The minimum absolute atomic E-state index is 0.0287. The van der Waals surface area contributed by atoms with Gasteiger partial charge >= 0.3 is 0 Å². The lowest BCUT2D eigenvalue weighted by molar-refractivity contribution is 0.242. The molecule has 3 rings (SSSR count). The van der Waals surface area contributed by atoms with Crippen LogP contribution in [0.3, 0.4) is 0 Å². The van der Waals surface area contributed by atoms with Crippen LogP contribution in [-0.4, -0.2) is 10.7 Å². The standard InChI is InChI=1S/C21H21NO2/c1-15(2)24-18-11-7-10-17(12-18)20-14-22(3)13-19(21(20)23)16-8-5-4-6-9-16/h4-15H,1-3H3. The minimum atomic E-state index is 0.0287. The van der Waals surface area contributed by atoms with Crippen molar-refractivity contribution in [1.82, 2.24) is 4.57 Å². The molecule has 0 aliphatic heterocycles. The fourth-order valence-corrected chi connectivity index (χ4v) is 2.74. The van der Waals surface area contributed by atoms with Gasteiger partial charge in [-0.1, -0.05) is 42.5 Å². The van der Waals surface area contributed by atoms with Gasteiger partial charge < -0.3 is 9.30 Å². The van der Waals surface area contributed by atoms with Gasteiger partial charge in [0, 0.05) is 30.6 Å². The average molecular weight is 319 g/mol. The van der Waals surface area contributed by atoms with Gasteiger partial charge in [0.25, 0.3) is 0 Å². The van der Waals surface area contributed by atoms with Gasteiger partial charge in [0.2, 0.25) is 0 Å². The first-order chi connectivity index (χ1) is 11.5. The van der Waals surface area contributed by atoms with E-state index >= 15 is 0 Å². The monoisotopic (exact) mass is 319 g/mol. The van der Waals surface area contributed by atoms with Gasteiger partial charge in [-0.05, 0) is 37.1 Å². The van der Waals surface area contributed by atoms with Crippen LogP contribution in [0.2, 0.25) is 0 Å². The van der Waals surface area contributed by atoms with Crippen molar-refractivity contribution in [3.8, 4) is 28.0 Å². The first-order valence-electron chi connectivity index (χ1n) is 8.07. The highest BCUT2D eigenvalue weighted by atomic mass is 16.5. The van der Waals surface area contributed by atoms with Crippen LogP contribution in [0.25, 0.3) is 22.3 Å². The van der Waals surface area contributed by atoms with Gasteiger partial charge in [-0.2, -0.15) is 0 Å². The van der Waals surface area contributed by atoms with E-state index in [0.29, 0.717) is 11.1 Å². The van der Waals surface area contributed by atoms with E-state index in [9.17, 15) is 4.79 Å². The van der Waals surface area contributed by atoms with Crippen molar-refractivity contribution in [2.45, 2.75) is 20.0 Å². The summed E-state index contributed by atoms with van der Waals surface area (Å²) < 4.78 is 7.68. The summed E-state index contributed by atoms with van der Waals surface area (Å²) in [7, 11) is 1.93. The average Bonchev–Trinajstić information content (AvgIpc) is 2.57. The maximum atomic E-state index is 13.0. The highest BCUT2D eigenvalue weighted by Crippen LogP contribution is 2.24.